The Hall–Kier alpha value is -1.12. The molecule has 0 aliphatic carbocycles. The third-order valence-corrected chi connectivity index (χ3v) is 6.99. The number of sulfone groups is 1. The molecule has 24 heavy (non-hydrogen) atoms. The lowest BCUT2D eigenvalue weighted by molar-refractivity contribution is -0.135. The number of carbonyl (C=O) groups excluding carboxylic acids is 1. The first-order valence-electron chi connectivity index (χ1n) is 8.04. The minimum absolute atomic E-state index is 0.0143. The van der Waals surface area contributed by atoms with E-state index in [9.17, 15) is 13.2 Å². The fraction of sp³-hybridized carbons (Fsp3) is 0.562. The SMILES string of the molecule is O=C(COc1ccccc1Br)N1CCN(C2CCS(=O)(=O)C2)CC1. The smallest absolute Gasteiger partial charge is 0.260 e. The average Bonchev–Trinajstić information content (AvgIpc) is 2.94. The number of piperazine rings is 1. The molecule has 0 aromatic heterocycles. The van der Waals surface area contributed by atoms with E-state index in [0.717, 1.165) is 17.6 Å². The van der Waals surface area contributed by atoms with Gasteiger partial charge in [-0.1, -0.05) is 12.1 Å². The van der Waals surface area contributed by atoms with Gasteiger partial charge in [0.05, 0.1) is 16.0 Å². The average molecular weight is 417 g/mol. The Kier molecular flexibility index (Phi) is 5.46. The summed E-state index contributed by atoms with van der Waals surface area (Å²) in [5.74, 6) is 1.16. The van der Waals surface area contributed by atoms with Gasteiger partial charge in [-0.15, -0.1) is 0 Å². The van der Waals surface area contributed by atoms with E-state index in [2.05, 4.69) is 20.8 Å². The number of benzene rings is 1. The van der Waals surface area contributed by atoms with Crippen molar-refractivity contribution in [1.82, 2.24) is 9.80 Å². The lowest BCUT2D eigenvalue weighted by Crippen LogP contribution is -2.53. The summed E-state index contributed by atoms with van der Waals surface area (Å²) in [6, 6.07) is 7.55. The van der Waals surface area contributed by atoms with Gasteiger partial charge < -0.3 is 9.64 Å². The molecular weight excluding hydrogens is 396 g/mol. The lowest BCUT2D eigenvalue weighted by Gasteiger charge is -2.37. The van der Waals surface area contributed by atoms with E-state index in [4.69, 9.17) is 4.74 Å². The van der Waals surface area contributed by atoms with E-state index in [1.165, 1.54) is 0 Å². The Bertz CT molecular complexity index is 702. The van der Waals surface area contributed by atoms with Crippen LogP contribution < -0.4 is 4.74 Å². The third-order valence-electron chi connectivity index (χ3n) is 4.58. The highest BCUT2D eigenvalue weighted by Gasteiger charge is 2.34. The fourth-order valence-corrected chi connectivity index (χ4v) is 5.35. The number of halogens is 1. The molecule has 2 heterocycles. The van der Waals surface area contributed by atoms with Crippen molar-refractivity contribution >= 4 is 31.7 Å². The molecule has 0 N–H and O–H groups in total. The number of hydrogen-bond acceptors (Lipinski definition) is 5. The van der Waals surface area contributed by atoms with Gasteiger partial charge in [0.25, 0.3) is 5.91 Å². The van der Waals surface area contributed by atoms with Crippen molar-refractivity contribution in [2.24, 2.45) is 0 Å². The number of ether oxygens (including phenoxy) is 1. The van der Waals surface area contributed by atoms with Crippen LogP contribution in [0.25, 0.3) is 0 Å². The van der Waals surface area contributed by atoms with Gasteiger partial charge in [0.1, 0.15) is 5.75 Å². The second-order valence-electron chi connectivity index (χ2n) is 6.19. The van der Waals surface area contributed by atoms with Crippen LogP contribution in [0.2, 0.25) is 0 Å². The molecule has 2 saturated heterocycles. The minimum Gasteiger partial charge on any atom is -0.483 e. The first-order valence-corrected chi connectivity index (χ1v) is 10.7. The summed E-state index contributed by atoms with van der Waals surface area (Å²) in [6.07, 6.45) is 0.710. The molecular formula is C16H21BrN2O4S. The van der Waals surface area contributed by atoms with Crippen molar-refractivity contribution < 1.29 is 17.9 Å². The van der Waals surface area contributed by atoms with Gasteiger partial charge in [-0.05, 0) is 34.5 Å². The standard InChI is InChI=1S/C16H21BrN2O4S/c17-14-3-1-2-4-15(14)23-11-16(20)19-8-6-18(7-9-19)13-5-10-24(21,22)12-13/h1-4,13H,5-12H2. The summed E-state index contributed by atoms with van der Waals surface area (Å²) in [7, 11) is -2.86. The maximum Gasteiger partial charge on any atom is 0.260 e. The van der Waals surface area contributed by atoms with Crippen LogP contribution in [0.15, 0.2) is 28.7 Å². The minimum atomic E-state index is -2.86. The van der Waals surface area contributed by atoms with Gasteiger partial charge in [0, 0.05) is 32.2 Å². The molecule has 1 aromatic rings. The molecule has 0 saturated carbocycles. The highest BCUT2D eigenvalue weighted by atomic mass is 79.9. The third kappa shape index (κ3) is 4.29. The quantitative estimate of drug-likeness (QED) is 0.736. The van der Waals surface area contributed by atoms with Crippen LogP contribution in [0.4, 0.5) is 0 Å². The van der Waals surface area contributed by atoms with Gasteiger partial charge in [-0.2, -0.15) is 0 Å². The summed E-state index contributed by atoms with van der Waals surface area (Å²) >= 11 is 3.39. The highest BCUT2D eigenvalue weighted by molar-refractivity contribution is 9.10. The van der Waals surface area contributed by atoms with Gasteiger partial charge in [-0.3, -0.25) is 9.69 Å². The molecule has 1 atom stereocenters. The number of nitrogens with zero attached hydrogens (tertiary/aromatic N) is 2. The summed E-state index contributed by atoms with van der Waals surface area (Å²) in [6.45, 7) is 2.70. The van der Waals surface area contributed by atoms with Crippen molar-refractivity contribution in [1.29, 1.82) is 0 Å². The molecule has 132 valence electrons. The Labute approximate surface area is 150 Å². The molecule has 3 rings (SSSR count). The number of amides is 1. The number of hydrogen-bond donors (Lipinski definition) is 0. The lowest BCUT2D eigenvalue weighted by atomic mass is 10.2. The monoisotopic (exact) mass is 416 g/mol. The Balaban J connectivity index is 1.46. The number of para-hydroxylation sites is 1. The maximum atomic E-state index is 12.3. The Morgan fingerprint density at radius 1 is 1.21 bits per heavy atom. The molecule has 2 aliphatic rings. The second kappa shape index (κ2) is 7.41. The summed E-state index contributed by atoms with van der Waals surface area (Å²) in [4.78, 5) is 16.3. The van der Waals surface area contributed by atoms with Crippen LogP contribution in [0.5, 0.6) is 5.75 Å². The predicted molar refractivity (Wildman–Crippen MR) is 94.8 cm³/mol. The van der Waals surface area contributed by atoms with E-state index in [-0.39, 0.29) is 30.1 Å². The fourth-order valence-electron chi connectivity index (χ4n) is 3.19. The normalized spacial score (nSPS) is 24.0. The van der Waals surface area contributed by atoms with Crippen LogP contribution in [0.1, 0.15) is 6.42 Å². The molecule has 1 aromatic carbocycles. The van der Waals surface area contributed by atoms with Gasteiger partial charge in [-0.25, -0.2) is 8.42 Å². The Morgan fingerprint density at radius 2 is 1.92 bits per heavy atom. The summed E-state index contributed by atoms with van der Waals surface area (Å²) < 4.78 is 29.6. The number of carbonyl (C=O) groups is 1. The number of rotatable bonds is 4. The largest absolute Gasteiger partial charge is 0.483 e. The molecule has 8 heteroatoms. The molecule has 6 nitrogen and oxygen atoms in total. The van der Waals surface area contributed by atoms with Crippen LogP contribution in [-0.2, 0) is 14.6 Å². The highest BCUT2D eigenvalue weighted by Crippen LogP contribution is 2.24. The zero-order chi connectivity index (χ0) is 17.2. The summed E-state index contributed by atoms with van der Waals surface area (Å²) in [5.41, 5.74) is 0. The zero-order valence-corrected chi connectivity index (χ0v) is 15.8. The van der Waals surface area contributed by atoms with E-state index >= 15 is 0 Å². The molecule has 2 aliphatic heterocycles. The molecule has 0 bridgehead atoms. The van der Waals surface area contributed by atoms with E-state index in [1.807, 2.05) is 24.3 Å². The Morgan fingerprint density at radius 3 is 2.54 bits per heavy atom. The van der Waals surface area contributed by atoms with Crippen molar-refractivity contribution in [3.63, 3.8) is 0 Å². The zero-order valence-electron chi connectivity index (χ0n) is 13.4. The summed E-state index contributed by atoms with van der Waals surface area (Å²) in [5, 5.41) is 0. The maximum absolute atomic E-state index is 12.3. The van der Waals surface area contributed by atoms with Crippen molar-refractivity contribution in [2.45, 2.75) is 12.5 Å². The van der Waals surface area contributed by atoms with E-state index in [0.29, 0.717) is 25.3 Å². The molecule has 0 spiro atoms. The van der Waals surface area contributed by atoms with Gasteiger partial charge >= 0.3 is 0 Å². The molecule has 0 radical (unpaired) electrons. The van der Waals surface area contributed by atoms with E-state index in [1.54, 1.807) is 4.90 Å². The van der Waals surface area contributed by atoms with Crippen LogP contribution in [0, 0.1) is 0 Å². The first-order chi connectivity index (χ1) is 11.4. The first kappa shape index (κ1) is 17.7. The van der Waals surface area contributed by atoms with Crippen molar-refractivity contribution in [2.75, 3.05) is 44.3 Å². The van der Waals surface area contributed by atoms with Crippen LogP contribution in [-0.4, -0.2) is 74.5 Å². The molecule has 2 fully saturated rings. The van der Waals surface area contributed by atoms with Crippen molar-refractivity contribution in [3.8, 4) is 5.75 Å². The van der Waals surface area contributed by atoms with Crippen LogP contribution >= 0.6 is 15.9 Å². The van der Waals surface area contributed by atoms with Gasteiger partial charge in [0.15, 0.2) is 16.4 Å². The topological polar surface area (TPSA) is 66.9 Å². The predicted octanol–water partition coefficient (Wildman–Crippen LogP) is 1.16. The van der Waals surface area contributed by atoms with Gasteiger partial charge in [0.2, 0.25) is 0 Å². The molecule has 1 unspecified atom stereocenters. The molecule has 1 amide bonds. The van der Waals surface area contributed by atoms with Crippen molar-refractivity contribution in [3.05, 3.63) is 28.7 Å². The van der Waals surface area contributed by atoms with Crippen LogP contribution in [0.3, 0.4) is 0 Å². The second-order valence-corrected chi connectivity index (χ2v) is 9.28. The van der Waals surface area contributed by atoms with E-state index < -0.39 is 9.84 Å².